The average molecular weight is 396 g/mol. The molecule has 1 saturated heterocycles. The second-order valence-electron chi connectivity index (χ2n) is 7.80. The molecular weight excluding hydrogens is 370 g/mol. The van der Waals surface area contributed by atoms with Crippen molar-refractivity contribution in [1.29, 1.82) is 0 Å². The highest BCUT2D eigenvalue weighted by Crippen LogP contribution is 2.41. The fourth-order valence-corrected chi connectivity index (χ4v) is 5.48. The zero-order valence-corrected chi connectivity index (χ0v) is 17.3. The minimum absolute atomic E-state index is 0.720. The molecule has 0 bridgehead atoms. The maximum Gasteiger partial charge on any atom is 0.231 e. The Morgan fingerprint density at radius 1 is 1.07 bits per heavy atom. The molecule has 1 aliphatic carbocycles. The van der Waals surface area contributed by atoms with Crippen LogP contribution in [0.4, 0.5) is 0 Å². The van der Waals surface area contributed by atoms with Crippen molar-refractivity contribution >= 4 is 21.6 Å². The molecule has 28 heavy (non-hydrogen) atoms. The van der Waals surface area contributed by atoms with Crippen LogP contribution in [0.2, 0.25) is 0 Å². The van der Waals surface area contributed by atoms with Gasteiger partial charge in [-0.15, -0.1) is 11.3 Å². The second-order valence-corrected chi connectivity index (χ2v) is 8.88. The van der Waals surface area contributed by atoms with E-state index in [1.54, 1.807) is 0 Å². The zero-order chi connectivity index (χ0) is 19.1. The standard InChI is InChI=1S/C22H25N3O2S/c1-14-10-15(2)12-16(11-14)27-21-20-17-4-3-5-18(17)28-22(20)24-19(23-21)13-25-6-8-26-9-7-25/h10-12H,3-9,13H2,1-2H3. The molecule has 146 valence electrons. The number of aryl methyl sites for hydroxylation is 4. The number of rotatable bonds is 4. The van der Waals surface area contributed by atoms with Crippen LogP contribution >= 0.6 is 11.3 Å². The molecule has 0 atom stereocenters. The number of morpholine rings is 1. The smallest absolute Gasteiger partial charge is 0.231 e. The summed E-state index contributed by atoms with van der Waals surface area (Å²) in [6.45, 7) is 8.35. The highest BCUT2D eigenvalue weighted by atomic mass is 32.1. The van der Waals surface area contributed by atoms with E-state index in [1.165, 1.54) is 28.0 Å². The summed E-state index contributed by atoms with van der Waals surface area (Å²) in [4.78, 5) is 14.7. The number of hydrogen-bond acceptors (Lipinski definition) is 6. The number of benzene rings is 1. The van der Waals surface area contributed by atoms with E-state index in [-0.39, 0.29) is 0 Å². The van der Waals surface area contributed by atoms with E-state index in [0.29, 0.717) is 0 Å². The molecule has 2 aliphatic rings. The van der Waals surface area contributed by atoms with Crippen LogP contribution in [0.15, 0.2) is 18.2 Å². The first-order valence-corrected chi connectivity index (χ1v) is 10.8. The Morgan fingerprint density at radius 3 is 2.64 bits per heavy atom. The van der Waals surface area contributed by atoms with Gasteiger partial charge in [-0.1, -0.05) is 6.07 Å². The van der Waals surface area contributed by atoms with Gasteiger partial charge in [0.15, 0.2) is 0 Å². The van der Waals surface area contributed by atoms with Crippen LogP contribution in [0.1, 0.15) is 33.8 Å². The summed E-state index contributed by atoms with van der Waals surface area (Å²) < 4.78 is 11.8. The van der Waals surface area contributed by atoms with Gasteiger partial charge in [-0.25, -0.2) is 4.98 Å². The van der Waals surface area contributed by atoms with Crippen molar-refractivity contribution in [2.24, 2.45) is 0 Å². The Morgan fingerprint density at radius 2 is 1.86 bits per heavy atom. The molecule has 1 fully saturated rings. The lowest BCUT2D eigenvalue weighted by molar-refractivity contribution is 0.0330. The van der Waals surface area contributed by atoms with Gasteiger partial charge < -0.3 is 9.47 Å². The Bertz CT molecular complexity index is 1000. The van der Waals surface area contributed by atoms with Gasteiger partial charge in [0.05, 0.1) is 25.1 Å². The van der Waals surface area contributed by atoms with Crippen molar-refractivity contribution in [3.05, 3.63) is 45.6 Å². The predicted octanol–water partition coefficient (Wildman–Crippen LogP) is 4.42. The maximum atomic E-state index is 6.38. The molecule has 0 saturated carbocycles. The SMILES string of the molecule is Cc1cc(C)cc(Oc2nc(CN3CCOCC3)nc3sc4c(c23)CCC4)c1. The van der Waals surface area contributed by atoms with Gasteiger partial charge >= 0.3 is 0 Å². The van der Waals surface area contributed by atoms with Gasteiger partial charge in [0, 0.05) is 18.0 Å². The fraction of sp³-hybridized carbons (Fsp3) is 0.455. The minimum Gasteiger partial charge on any atom is -0.438 e. The molecule has 6 heteroatoms. The van der Waals surface area contributed by atoms with E-state index in [4.69, 9.17) is 19.4 Å². The van der Waals surface area contributed by atoms with Crippen LogP contribution in [0.3, 0.4) is 0 Å². The largest absolute Gasteiger partial charge is 0.438 e. The monoisotopic (exact) mass is 395 g/mol. The van der Waals surface area contributed by atoms with Gasteiger partial charge in [-0.05, 0) is 61.9 Å². The lowest BCUT2D eigenvalue weighted by Gasteiger charge is -2.25. The van der Waals surface area contributed by atoms with Crippen molar-refractivity contribution in [3.63, 3.8) is 0 Å². The second kappa shape index (κ2) is 7.43. The van der Waals surface area contributed by atoms with E-state index in [1.807, 2.05) is 11.3 Å². The van der Waals surface area contributed by atoms with Crippen LogP contribution < -0.4 is 4.74 Å². The van der Waals surface area contributed by atoms with Crippen LogP contribution in [0.25, 0.3) is 10.2 Å². The quantitative estimate of drug-likeness (QED) is 0.654. The molecule has 0 spiro atoms. The highest BCUT2D eigenvalue weighted by molar-refractivity contribution is 7.19. The van der Waals surface area contributed by atoms with Crippen molar-refractivity contribution in [2.45, 2.75) is 39.7 Å². The Labute approximate surface area is 169 Å². The van der Waals surface area contributed by atoms with Crippen LogP contribution in [0, 0.1) is 13.8 Å². The number of aromatic nitrogens is 2. The van der Waals surface area contributed by atoms with Crippen LogP contribution in [-0.2, 0) is 24.1 Å². The van der Waals surface area contributed by atoms with Crippen molar-refractivity contribution in [3.8, 4) is 11.6 Å². The van der Waals surface area contributed by atoms with E-state index in [0.717, 1.165) is 73.4 Å². The van der Waals surface area contributed by atoms with Crippen LogP contribution in [-0.4, -0.2) is 41.2 Å². The third kappa shape index (κ3) is 3.52. The number of nitrogens with zero attached hydrogens (tertiary/aromatic N) is 3. The van der Waals surface area contributed by atoms with E-state index >= 15 is 0 Å². The number of fused-ring (bicyclic) bond motifs is 3. The maximum absolute atomic E-state index is 6.38. The lowest BCUT2D eigenvalue weighted by atomic mass is 10.1. The molecule has 1 aromatic carbocycles. The van der Waals surface area contributed by atoms with E-state index in [9.17, 15) is 0 Å². The third-order valence-electron chi connectivity index (χ3n) is 5.46. The predicted molar refractivity (Wildman–Crippen MR) is 112 cm³/mol. The normalized spacial score (nSPS) is 17.2. The molecule has 0 unspecified atom stereocenters. The minimum atomic E-state index is 0.720. The summed E-state index contributed by atoms with van der Waals surface area (Å²) in [7, 11) is 0. The molecular formula is C22H25N3O2S. The van der Waals surface area contributed by atoms with Gasteiger partial charge in [0.25, 0.3) is 0 Å². The Balaban J connectivity index is 1.56. The molecule has 2 aromatic heterocycles. The van der Waals surface area contributed by atoms with Crippen molar-refractivity contribution in [1.82, 2.24) is 14.9 Å². The molecule has 5 rings (SSSR count). The van der Waals surface area contributed by atoms with Crippen LogP contribution in [0.5, 0.6) is 11.6 Å². The molecule has 1 aliphatic heterocycles. The lowest BCUT2D eigenvalue weighted by Crippen LogP contribution is -2.36. The average Bonchev–Trinajstić information content (AvgIpc) is 3.22. The first kappa shape index (κ1) is 18.0. The van der Waals surface area contributed by atoms with Gasteiger partial charge in [0.1, 0.15) is 16.4 Å². The fourth-order valence-electron chi connectivity index (χ4n) is 4.21. The zero-order valence-electron chi connectivity index (χ0n) is 16.5. The molecule has 0 radical (unpaired) electrons. The van der Waals surface area contributed by atoms with Crippen molar-refractivity contribution in [2.75, 3.05) is 26.3 Å². The Hall–Kier alpha value is -2.02. The number of ether oxygens (including phenoxy) is 2. The summed E-state index contributed by atoms with van der Waals surface area (Å²) in [6.07, 6.45) is 3.47. The molecule has 3 heterocycles. The van der Waals surface area contributed by atoms with Gasteiger partial charge in [0.2, 0.25) is 5.88 Å². The van der Waals surface area contributed by atoms with E-state index < -0.39 is 0 Å². The molecule has 0 N–H and O–H groups in total. The summed E-state index contributed by atoms with van der Waals surface area (Å²) in [5.74, 6) is 2.42. The van der Waals surface area contributed by atoms with E-state index in [2.05, 4.69) is 36.9 Å². The number of thiophene rings is 1. The molecule has 3 aromatic rings. The first-order valence-electron chi connectivity index (χ1n) is 10.0. The van der Waals surface area contributed by atoms with Crippen molar-refractivity contribution < 1.29 is 9.47 Å². The summed E-state index contributed by atoms with van der Waals surface area (Å²) in [5.41, 5.74) is 3.80. The topological polar surface area (TPSA) is 47.5 Å². The third-order valence-corrected chi connectivity index (χ3v) is 6.64. The highest BCUT2D eigenvalue weighted by Gasteiger charge is 2.24. The summed E-state index contributed by atoms with van der Waals surface area (Å²) >= 11 is 1.82. The van der Waals surface area contributed by atoms with Gasteiger partial charge in [-0.2, -0.15) is 4.98 Å². The summed E-state index contributed by atoms with van der Waals surface area (Å²) in [6, 6.07) is 6.32. The number of hydrogen-bond donors (Lipinski definition) is 0. The molecule has 0 amide bonds. The molecule has 5 nitrogen and oxygen atoms in total. The summed E-state index contributed by atoms with van der Waals surface area (Å²) in [5, 5.41) is 1.13. The first-order chi connectivity index (χ1) is 13.7. The van der Waals surface area contributed by atoms with Gasteiger partial charge in [-0.3, -0.25) is 4.90 Å². The Kier molecular flexibility index (Phi) is 4.78.